The molecule has 1 aliphatic heterocycles. The van der Waals surface area contributed by atoms with E-state index in [1.165, 1.54) is 0 Å². The third-order valence-electron chi connectivity index (χ3n) is 2.73. The van der Waals surface area contributed by atoms with Gasteiger partial charge in [-0.15, -0.1) is 0 Å². The van der Waals surface area contributed by atoms with Gasteiger partial charge in [-0.2, -0.15) is 0 Å². The van der Waals surface area contributed by atoms with E-state index in [2.05, 4.69) is 0 Å². The molecule has 3 heteroatoms. The first kappa shape index (κ1) is 10.3. The minimum atomic E-state index is -0.168. The van der Waals surface area contributed by atoms with Crippen LogP contribution < -0.4 is 5.06 Å². The van der Waals surface area contributed by atoms with Crippen molar-refractivity contribution in [1.29, 1.82) is 0 Å². The van der Waals surface area contributed by atoms with Crippen LogP contribution in [0.25, 0.3) is 0 Å². The van der Waals surface area contributed by atoms with Gasteiger partial charge in [-0.05, 0) is 12.1 Å². The quantitative estimate of drug-likeness (QED) is 0.786. The second kappa shape index (κ2) is 4.57. The predicted molar refractivity (Wildman–Crippen MR) is 65.1 cm³/mol. The number of hydrogen-bond acceptors (Lipinski definition) is 3. The summed E-state index contributed by atoms with van der Waals surface area (Å²) in [6.45, 7) is 0.286. The average Bonchev–Trinajstić information content (AvgIpc) is 2.90. The summed E-state index contributed by atoms with van der Waals surface area (Å²) in [5.74, 6) is 0. The highest BCUT2D eigenvalue weighted by Gasteiger charge is 2.28. The molecule has 2 aromatic rings. The number of anilines is 1. The van der Waals surface area contributed by atoms with E-state index in [1.807, 2.05) is 60.7 Å². The van der Waals surface area contributed by atoms with Crippen molar-refractivity contribution in [2.75, 3.05) is 11.9 Å². The number of ether oxygens (including phenoxy) is 1. The molecular weight excluding hydrogens is 214 g/mol. The second-order valence-electron chi connectivity index (χ2n) is 3.84. The molecule has 1 saturated heterocycles. The van der Waals surface area contributed by atoms with Gasteiger partial charge in [0.2, 0.25) is 0 Å². The first-order valence-electron chi connectivity index (χ1n) is 5.59. The van der Waals surface area contributed by atoms with Gasteiger partial charge in [0.05, 0.1) is 5.69 Å². The molecular formula is C14H13NO2. The van der Waals surface area contributed by atoms with Crippen LogP contribution in [0.1, 0.15) is 11.8 Å². The number of rotatable bonds is 2. The van der Waals surface area contributed by atoms with Crippen LogP contribution in [0.3, 0.4) is 0 Å². The molecule has 1 atom stereocenters. The van der Waals surface area contributed by atoms with Crippen LogP contribution in [0.4, 0.5) is 5.69 Å². The van der Waals surface area contributed by atoms with E-state index in [1.54, 1.807) is 5.06 Å². The predicted octanol–water partition coefficient (Wildman–Crippen LogP) is 3.11. The maximum absolute atomic E-state index is 5.61. The Morgan fingerprint density at radius 3 is 2.24 bits per heavy atom. The molecule has 1 unspecified atom stereocenters. The minimum absolute atomic E-state index is 0.168. The van der Waals surface area contributed by atoms with Gasteiger partial charge in [-0.25, -0.2) is 9.90 Å². The normalized spacial score (nSPS) is 19.5. The molecule has 1 aliphatic rings. The van der Waals surface area contributed by atoms with Crippen LogP contribution in [0.2, 0.25) is 0 Å². The third kappa shape index (κ3) is 2.02. The lowest BCUT2D eigenvalue weighted by atomic mass is 10.2. The molecule has 0 N–H and O–H groups in total. The van der Waals surface area contributed by atoms with E-state index in [4.69, 9.17) is 9.57 Å². The van der Waals surface area contributed by atoms with Crippen LogP contribution in [0, 0.1) is 0 Å². The van der Waals surface area contributed by atoms with Gasteiger partial charge in [0.25, 0.3) is 0 Å². The maximum atomic E-state index is 5.61. The van der Waals surface area contributed by atoms with Crippen molar-refractivity contribution < 1.29 is 9.57 Å². The zero-order chi connectivity index (χ0) is 11.5. The summed E-state index contributed by atoms with van der Waals surface area (Å²) < 4.78 is 5.61. The van der Waals surface area contributed by atoms with Gasteiger partial charge >= 0.3 is 0 Å². The van der Waals surface area contributed by atoms with E-state index < -0.39 is 0 Å². The zero-order valence-corrected chi connectivity index (χ0v) is 9.32. The Morgan fingerprint density at radius 1 is 0.882 bits per heavy atom. The molecule has 0 saturated carbocycles. The molecule has 0 bridgehead atoms. The molecule has 0 spiro atoms. The van der Waals surface area contributed by atoms with Gasteiger partial charge in [-0.3, -0.25) is 0 Å². The second-order valence-corrected chi connectivity index (χ2v) is 3.84. The van der Waals surface area contributed by atoms with Crippen molar-refractivity contribution in [2.45, 2.75) is 6.23 Å². The van der Waals surface area contributed by atoms with E-state index in [0.29, 0.717) is 0 Å². The molecule has 0 aliphatic carbocycles. The Bertz CT molecular complexity index is 427. The number of nitrogens with zero attached hydrogens (tertiary/aromatic N) is 1. The monoisotopic (exact) mass is 227 g/mol. The lowest BCUT2D eigenvalue weighted by Crippen LogP contribution is -2.21. The Hall–Kier alpha value is -1.84. The van der Waals surface area contributed by atoms with Crippen molar-refractivity contribution in [3.8, 4) is 0 Å². The average molecular weight is 227 g/mol. The number of benzene rings is 2. The van der Waals surface area contributed by atoms with E-state index in [-0.39, 0.29) is 13.0 Å². The fourth-order valence-electron chi connectivity index (χ4n) is 1.92. The highest BCUT2D eigenvalue weighted by atomic mass is 16.8. The van der Waals surface area contributed by atoms with Gasteiger partial charge in [0, 0.05) is 5.56 Å². The third-order valence-corrected chi connectivity index (χ3v) is 2.73. The highest BCUT2D eigenvalue weighted by molar-refractivity contribution is 5.45. The van der Waals surface area contributed by atoms with Crippen molar-refractivity contribution in [1.82, 2.24) is 0 Å². The number of hydroxylamine groups is 1. The Labute approximate surface area is 100 Å². The molecule has 0 aromatic heterocycles. The van der Waals surface area contributed by atoms with Gasteiger partial charge < -0.3 is 4.74 Å². The summed E-state index contributed by atoms with van der Waals surface area (Å²) >= 11 is 0. The minimum Gasteiger partial charge on any atom is -0.323 e. The lowest BCUT2D eigenvalue weighted by Gasteiger charge is -2.22. The molecule has 3 rings (SSSR count). The number of hydrogen-bond donors (Lipinski definition) is 0. The Morgan fingerprint density at radius 2 is 1.53 bits per heavy atom. The van der Waals surface area contributed by atoms with Crippen molar-refractivity contribution in [3.63, 3.8) is 0 Å². The van der Waals surface area contributed by atoms with E-state index in [9.17, 15) is 0 Å². The Kier molecular flexibility index (Phi) is 2.78. The molecule has 3 nitrogen and oxygen atoms in total. The lowest BCUT2D eigenvalue weighted by molar-refractivity contribution is 0.0444. The van der Waals surface area contributed by atoms with Crippen LogP contribution >= 0.6 is 0 Å². The summed E-state index contributed by atoms with van der Waals surface area (Å²) in [5, 5.41) is 1.80. The topological polar surface area (TPSA) is 21.7 Å². The van der Waals surface area contributed by atoms with Crippen LogP contribution in [0.5, 0.6) is 0 Å². The Balaban J connectivity index is 1.91. The zero-order valence-electron chi connectivity index (χ0n) is 9.32. The first-order valence-corrected chi connectivity index (χ1v) is 5.59. The maximum Gasteiger partial charge on any atom is 0.183 e. The largest absolute Gasteiger partial charge is 0.323 e. The van der Waals surface area contributed by atoms with E-state index >= 15 is 0 Å². The molecule has 2 aromatic carbocycles. The summed E-state index contributed by atoms with van der Waals surface area (Å²) in [4.78, 5) is 5.52. The summed E-state index contributed by atoms with van der Waals surface area (Å²) in [7, 11) is 0. The smallest absolute Gasteiger partial charge is 0.183 e. The number of para-hydroxylation sites is 1. The van der Waals surface area contributed by atoms with E-state index in [0.717, 1.165) is 11.3 Å². The standard InChI is InChI=1S/C14H13NO2/c1-3-7-12(8-4-1)14-15(17-11-16-14)13-9-5-2-6-10-13/h1-10,14H,11H2. The van der Waals surface area contributed by atoms with Crippen molar-refractivity contribution >= 4 is 5.69 Å². The molecule has 1 heterocycles. The molecule has 1 fully saturated rings. The van der Waals surface area contributed by atoms with Gasteiger partial charge in [-0.1, -0.05) is 48.5 Å². The fourth-order valence-corrected chi connectivity index (χ4v) is 1.92. The van der Waals surface area contributed by atoms with Crippen LogP contribution in [-0.2, 0) is 9.57 Å². The van der Waals surface area contributed by atoms with Crippen molar-refractivity contribution in [2.24, 2.45) is 0 Å². The first-order chi connectivity index (χ1) is 8.45. The van der Waals surface area contributed by atoms with Crippen LogP contribution in [-0.4, -0.2) is 6.79 Å². The molecule has 86 valence electrons. The molecule has 0 amide bonds. The van der Waals surface area contributed by atoms with Gasteiger partial charge in [0.1, 0.15) is 0 Å². The van der Waals surface area contributed by atoms with Gasteiger partial charge in [0.15, 0.2) is 13.0 Å². The SMILES string of the molecule is c1ccc(C2OCON2c2ccccc2)cc1. The fraction of sp³-hybridized carbons (Fsp3) is 0.143. The molecule has 0 radical (unpaired) electrons. The summed E-state index contributed by atoms with van der Waals surface area (Å²) in [6, 6.07) is 20.0. The van der Waals surface area contributed by atoms with Crippen molar-refractivity contribution in [3.05, 3.63) is 66.2 Å². The summed E-state index contributed by atoms with van der Waals surface area (Å²) in [5.41, 5.74) is 2.09. The summed E-state index contributed by atoms with van der Waals surface area (Å²) in [6.07, 6.45) is -0.168. The molecule has 17 heavy (non-hydrogen) atoms. The highest BCUT2D eigenvalue weighted by Crippen LogP contribution is 2.32. The van der Waals surface area contributed by atoms with Crippen LogP contribution in [0.15, 0.2) is 60.7 Å².